The molecule has 1 saturated heterocycles. The van der Waals surface area contributed by atoms with Crippen LogP contribution < -0.4 is 5.32 Å². The molecular weight excluding hydrogens is 214 g/mol. The first-order chi connectivity index (χ1) is 8.43. The molecule has 1 aromatic carbocycles. The standard InChI is InChI=1S/C12H15N5/c1-2-5-10(6-3-1)12-14-16-17(15-12)11-7-4-8-13-9-11/h1-3,5-6,11,13H,4,7-9H2. The molecule has 0 aliphatic carbocycles. The molecule has 0 saturated carbocycles. The van der Waals surface area contributed by atoms with Gasteiger partial charge in [-0.3, -0.25) is 0 Å². The molecule has 2 aromatic rings. The van der Waals surface area contributed by atoms with E-state index in [1.165, 1.54) is 6.42 Å². The maximum absolute atomic E-state index is 4.46. The Kier molecular flexibility index (Phi) is 2.83. The summed E-state index contributed by atoms with van der Waals surface area (Å²) in [5.41, 5.74) is 1.02. The van der Waals surface area contributed by atoms with E-state index in [0.717, 1.165) is 25.1 Å². The summed E-state index contributed by atoms with van der Waals surface area (Å²) in [6, 6.07) is 10.3. The number of tetrazole rings is 1. The molecule has 17 heavy (non-hydrogen) atoms. The number of piperidine rings is 1. The van der Waals surface area contributed by atoms with E-state index in [1.807, 2.05) is 30.3 Å². The second-order valence-electron chi connectivity index (χ2n) is 4.30. The first-order valence-corrected chi connectivity index (χ1v) is 5.99. The highest BCUT2D eigenvalue weighted by Crippen LogP contribution is 2.17. The molecule has 1 aliphatic heterocycles. The van der Waals surface area contributed by atoms with Crippen molar-refractivity contribution in [3.63, 3.8) is 0 Å². The number of hydrogen-bond donors (Lipinski definition) is 1. The van der Waals surface area contributed by atoms with E-state index >= 15 is 0 Å². The molecule has 0 bridgehead atoms. The highest BCUT2D eigenvalue weighted by Gasteiger charge is 2.17. The second-order valence-corrected chi connectivity index (χ2v) is 4.30. The molecule has 0 spiro atoms. The lowest BCUT2D eigenvalue weighted by Crippen LogP contribution is -2.32. The van der Waals surface area contributed by atoms with Gasteiger partial charge in [-0.25, -0.2) is 0 Å². The SMILES string of the molecule is c1ccc(-c2nnn(C3CCCNC3)n2)cc1. The molecule has 5 nitrogen and oxygen atoms in total. The topological polar surface area (TPSA) is 55.6 Å². The van der Waals surface area contributed by atoms with Gasteiger partial charge >= 0.3 is 0 Å². The van der Waals surface area contributed by atoms with Crippen molar-refractivity contribution in [2.45, 2.75) is 18.9 Å². The van der Waals surface area contributed by atoms with Crippen LogP contribution in [0.5, 0.6) is 0 Å². The van der Waals surface area contributed by atoms with E-state index in [1.54, 1.807) is 4.80 Å². The average molecular weight is 229 g/mol. The summed E-state index contributed by atoms with van der Waals surface area (Å²) in [6.45, 7) is 2.03. The molecule has 1 fully saturated rings. The van der Waals surface area contributed by atoms with Crippen molar-refractivity contribution >= 4 is 0 Å². The van der Waals surface area contributed by atoms with Crippen molar-refractivity contribution in [3.05, 3.63) is 30.3 Å². The Morgan fingerprint density at radius 2 is 2.12 bits per heavy atom. The summed E-state index contributed by atoms with van der Waals surface area (Å²) in [4.78, 5) is 1.74. The lowest BCUT2D eigenvalue weighted by molar-refractivity contribution is 0.313. The molecular formula is C12H15N5. The summed E-state index contributed by atoms with van der Waals surface area (Å²) in [7, 11) is 0. The zero-order valence-electron chi connectivity index (χ0n) is 9.58. The zero-order chi connectivity index (χ0) is 11.5. The van der Waals surface area contributed by atoms with Gasteiger partial charge in [0, 0.05) is 12.1 Å². The van der Waals surface area contributed by atoms with Gasteiger partial charge in [-0.15, -0.1) is 10.2 Å². The summed E-state index contributed by atoms with van der Waals surface area (Å²) in [6.07, 6.45) is 2.30. The molecule has 5 heteroatoms. The van der Waals surface area contributed by atoms with E-state index in [0.29, 0.717) is 11.9 Å². The highest BCUT2D eigenvalue weighted by atomic mass is 15.6. The maximum Gasteiger partial charge on any atom is 0.204 e. The number of benzene rings is 1. The number of nitrogens with one attached hydrogen (secondary N) is 1. The molecule has 1 N–H and O–H groups in total. The van der Waals surface area contributed by atoms with E-state index in [4.69, 9.17) is 0 Å². The predicted molar refractivity (Wildman–Crippen MR) is 64.4 cm³/mol. The Labute approximate surface area is 99.8 Å². The first kappa shape index (κ1) is 10.4. The van der Waals surface area contributed by atoms with Crippen LogP contribution in [0.15, 0.2) is 30.3 Å². The van der Waals surface area contributed by atoms with Gasteiger partial charge in [-0.05, 0) is 24.6 Å². The average Bonchev–Trinajstić information content (AvgIpc) is 2.90. The minimum atomic E-state index is 0.341. The monoisotopic (exact) mass is 229 g/mol. The van der Waals surface area contributed by atoms with Crippen LogP contribution >= 0.6 is 0 Å². The van der Waals surface area contributed by atoms with Crippen LogP contribution in [0.2, 0.25) is 0 Å². The molecule has 88 valence electrons. The minimum Gasteiger partial charge on any atom is -0.315 e. The van der Waals surface area contributed by atoms with Crippen LogP contribution in [0.25, 0.3) is 11.4 Å². The third-order valence-corrected chi connectivity index (χ3v) is 3.06. The van der Waals surface area contributed by atoms with Crippen LogP contribution in [0.4, 0.5) is 0 Å². The van der Waals surface area contributed by atoms with E-state index < -0.39 is 0 Å². The van der Waals surface area contributed by atoms with Crippen molar-refractivity contribution in [1.29, 1.82) is 0 Å². The number of aromatic nitrogens is 4. The third kappa shape index (κ3) is 2.19. The summed E-state index contributed by atoms with van der Waals surface area (Å²) >= 11 is 0. The molecule has 0 amide bonds. The number of hydrogen-bond acceptors (Lipinski definition) is 4. The van der Waals surface area contributed by atoms with Crippen molar-refractivity contribution in [2.24, 2.45) is 0 Å². The van der Waals surface area contributed by atoms with E-state index in [-0.39, 0.29) is 0 Å². The van der Waals surface area contributed by atoms with Crippen LogP contribution in [0, 0.1) is 0 Å². The van der Waals surface area contributed by atoms with Gasteiger partial charge < -0.3 is 5.32 Å². The first-order valence-electron chi connectivity index (χ1n) is 5.99. The molecule has 1 atom stereocenters. The van der Waals surface area contributed by atoms with Crippen molar-refractivity contribution < 1.29 is 0 Å². The smallest absolute Gasteiger partial charge is 0.204 e. The van der Waals surface area contributed by atoms with Gasteiger partial charge in [0.1, 0.15) is 0 Å². The molecule has 1 unspecified atom stereocenters. The van der Waals surface area contributed by atoms with Gasteiger partial charge in [-0.1, -0.05) is 30.3 Å². The number of rotatable bonds is 2. The summed E-state index contributed by atoms with van der Waals surface area (Å²) in [5, 5.41) is 16.1. The number of nitrogens with zero attached hydrogens (tertiary/aromatic N) is 4. The molecule has 1 aromatic heterocycles. The fourth-order valence-corrected chi connectivity index (χ4v) is 2.11. The van der Waals surface area contributed by atoms with Gasteiger partial charge in [-0.2, -0.15) is 4.80 Å². The Morgan fingerprint density at radius 1 is 1.24 bits per heavy atom. The lowest BCUT2D eigenvalue weighted by Gasteiger charge is -2.20. The molecule has 1 aliphatic rings. The fraction of sp³-hybridized carbons (Fsp3) is 0.417. The van der Waals surface area contributed by atoms with Crippen molar-refractivity contribution in [3.8, 4) is 11.4 Å². The lowest BCUT2D eigenvalue weighted by atomic mass is 10.1. The Hall–Kier alpha value is -1.75. The largest absolute Gasteiger partial charge is 0.315 e. The fourth-order valence-electron chi connectivity index (χ4n) is 2.11. The van der Waals surface area contributed by atoms with Gasteiger partial charge in [0.25, 0.3) is 0 Å². The van der Waals surface area contributed by atoms with Gasteiger partial charge in [0.15, 0.2) is 0 Å². The van der Waals surface area contributed by atoms with E-state index in [9.17, 15) is 0 Å². The second kappa shape index (κ2) is 4.63. The quantitative estimate of drug-likeness (QED) is 0.842. The highest BCUT2D eigenvalue weighted by molar-refractivity contribution is 5.52. The van der Waals surface area contributed by atoms with Gasteiger partial charge in [0.05, 0.1) is 6.04 Å². The van der Waals surface area contributed by atoms with Crippen molar-refractivity contribution in [1.82, 2.24) is 25.5 Å². The Morgan fingerprint density at radius 3 is 2.88 bits per heavy atom. The van der Waals surface area contributed by atoms with E-state index in [2.05, 4.69) is 20.7 Å². The van der Waals surface area contributed by atoms with Crippen LogP contribution in [0.1, 0.15) is 18.9 Å². The Balaban J connectivity index is 1.83. The molecule has 0 radical (unpaired) electrons. The maximum atomic E-state index is 4.46. The minimum absolute atomic E-state index is 0.341. The normalized spacial score (nSPS) is 20.4. The predicted octanol–water partition coefficient (Wildman–Crippen LogP) is 1.26. The van der Waals surface area contributed by atoms with Crippen LogP contribution in [-0.2, 0) is 0 Å². The Bertz CT molecular complexity index is 473. The third-order valence-electron chi connectivity index (χ3n) is 3.06. The molecule has 2 heterocycles. The van der Waals surface area contributed by atoms with Crippen LogP contribution in [0.3, 0.4) is 0 Å². The summed E-state index contributed by atoms with van der Waals surface area (Å²) < 4.78 is 0. The molecule has 3 rings (SSSR count). The van der Waals surface area contributed by atoms with Gasteiger partial charge in [0.2, 0.25) is 5.82 Å². The van der Waals surface area contributed by atoms with Crippen molar-refractivity contribution in [2.75, 3.05) is 13.1 Å². The van der Waals surface area contributed by atoms with Crippen LogP contribution in [-0.4, -0.2) is 33.3 Å². The summed E-state index contributed by atoms with van der Waals surface area (Å²) in [5.74, 6) is 0.705. The zero-order valence-corrected chi connectivity index (χ0v) is 9.58.